The van der Waals surface area contributed by atoms with E-state index < -0.39 is 0 Å². The van der Waals surface area contributed by atoms with E-state index in [1.54, 1.807) is 0 Å². The molecule has 2 bridgehead atoms. The van der Waals surface area contributed by atoms with E-state index in [4.69, 9.17) is 0 Å². The van der Waals surface area contributed by atoms with Crippen LogP contribution in [0.3, 0.4) is 0 Å². The fraction of sp³-hybridized carbons (Fsp3) is 0.467. The molecule has 1 fully saturated rings. The summed E-state index contributed by atoms with van der Waals surface area (Å²) in [6.45, 7) is 5.21. The van der Waals surface area contributed by atoms with Crippen molar-refractivity contribution in [3.05, 3.63) is 41.5 Å². The predicted octanol–water partition coefficient (Wildman–Crippen LogP) is 2.50. The third-order valence-corrected chi connectivity index (χ3v) is 3.98. The lowest BCUT2D eigenvalue weighted by Gasteiger charge is -2.40. The molecule has 3 atom stereocenters. The van der Waals surface area contributed by atoms with Crippen LogP contribution < -0.4 is 0 Å². The maximum atomic E-state index is 10.2. The van der Waals surface area contributed by atoms with Crippen molar-refractivity contribution in [1.29, 1.82) is 0 Å². The van der Waals surface area contributed by atoms with Crippen LogP contribution in [0, 0.1) is 12.8 Å². The van der Waals surface area contributed by atoms with Crippen LogP contribution in [0.25, 0.3) is 5.57 Å². The summed E-state index contributed by atoms with van der Waals surface area (Å²) in [5, 5.41) is 10.2. The number of rotatable bonds is 1. The summed E-state index contributed by atoms with van der Waals surface area (Å²) in [5.74, 6) is 0.305. The number of hydrogen-bond donors (Lipinski definition) is 1. The molecule has 18 heavy (non-hydrogen) atoms. The van der Waals surface area contributed by atoms with Gasteiger partial charge in [-0.05, 0) is 24.5 Å². The average molecular weight is 266 g/mol. The molecule has 0 saturated carbocycles. The van der Waals surface area contributed by atoms with Crippen LogP contribution in [0.2, 0.25) is 0 Å². The van der Waals surface area contributed by atoms with Gasteiger partial charge in [0.1, 0.15) is 0 Å². The molecule has 1 aromatic carbocycles. The number of halogens is 1. The number of hydrogen-bond acceptors (Lipinski definition) is 2. The fourth-order valence-corrected chi connectivity index (χ4v) is 3.01. The predicted molar refractivity (Wildman–Crippen MR) is 77.0 cm³/mol. The molecular formula is C15H20ClNO. The quantitative estimate of drug-likeness (QED) is 0.843. The van der Waals surface area contributed by atoms with Crippen LogP contribution in [0.1, 0.15) is 17.5 Å². The van der Waals surface area contributed by atoms with Gasteiger partial charge in [-0.2, -0.15) is 0 Å². The molecule has 0 spiro atoms. The zero-order valence-corrected chi connectivity index (χ0v) is 11.5. The number of piperidine rings is 1. The maximum absolute atomic E-state index is 10.2. The number of aliphatic hydroxyl groups excluding tert-OH is 1. The van der Waals surface area contributed by atoms with Gasteiger partial charge >= 0.3 is 0 Å². The molecule has 1 N–H and O–H groups in total. The van der Waals surface area contributed by atoms with Crippen LogP contribution >= 0.6 is 12.4 Å². The van der Waals surface area contributed by atoms with Gasteiger partial charge in [-0.1, -0.05) is 35.9 Å². The minimum absolute atomic E-state index is 0. The van der Waals surface area contributed by atoms with Gasteiger partial charge in [-0.25, -0.2) is 0 Å². The third kappa shape index (κ3) is 2.46. The minimum Gasteiger partial charge on any atom is -0.392 e. The summed E-state index contributed by atoms with van der Waals surface area (Å²) >= 11 is 0. The lowest BCUT2D eigenvalue weighted by molar-refractivity contribution is 0.0509. The van der Waals surface area contributed by atoms with Gasteiger partial charge in [0, 0.05) is 25.6 Å². The van der Waals surface area contributed by atoms with Crippen LogP contribution in [0.4, 0.5) is 0 Å². The Balaban J connectivity index is 0.00000120. The second kappa shape index (κ2) is 5.43. The first kappa shape index (κ1) is 13.6. The normalized spacial score (nSPS) is 30.3. The second-order valence-corrected chi connectivity index (χ2v) is 5.25. The maximum Gasteiger partial charge on any atom is 0.0633 e. The number of benzene rings is 1. The van der Waals surface area contributed by atoms with E-state index in [1.165, 1.54) is 16.7 Å². The van der Waals surface area contributed by atoms with Crippen molar-refractivity contribution in [3.63, 3.8) is 0 Å². The Morgan fingerprint density at radius 1 is 1.33 bits per heavy atom. The van der Waals surface area contributed by atoms with Gasteiger partial charge in [0.25, 0.3) is 0 Å². The highest BCUT2D eigenvalue weighted by Crippen LogP contribution is 2.34. The molecule has 2 aliphatic heterocycles. The Morgan fingerprint density at radius 3 is 2.94 bits per heavy atom. The summed E-state index contributed by atoms with van der Waals surface area (Å²) in [4.78, 5) is 2.43. The standard InChI is InChI=1S/C15H19NO.ClH/c1-11-3-2-4-12(9-11)13-5-7-16-8-6-15(17)14(13)10-16;/h2-5,9,14-15,17H,6-8,10H2,1H3;1H. The summed E-state index contributed by atoms with van der Waals surface area (Å²) < 4.78 is 0. The van der Waals surface area contributed by atoms with E-state index in [9.17, 15) is 5.11 Å². The van der Waals surface area contributed by atoms with Crippen molar-refractivity contribution in [2.45, 2.75) is 19.4 Å². The molecule has 98 valence electrons. The van der Waals surface area contributed by atoms with Crippen molar-refractivity contribution < 1.29 is 5.11 Å². The van der Waals surface area contributed by atoms with Gasteiger partial charge in [-0.15, -0.1) is 12.4 Å². The van der Waals surface area contributed by atoms with E-state index >= 15 is 0 Å². The molecule has 0 aromatic heterocycles. The fourth-order valence-electron chi connectivity index (χ4n) is 3.01. The Morgan fingerprint density at radius 2 is 2.17 bits per heavy atom. The molecule has 3 rings (SSSR count). The zero-order chi connectivity index (χ0) is 11.8. The molecule has 2 heterocycles. The highest BCUT2D eigenvalue weighted by atomic mass is 35.5. The lowest BCUT2D eigenvalue weighted by atomic mass is 9.81. The number of aliphatic hydroxyl groups is 1. The lowest BCUT2D eigenvalue weighted by Crippen LogP contribution is -2.46. The summed E-state index contributed by atoms with van der Waals surface area (Å²) in [7, 11) is 0. The first-order valence-corrected chi connectivity index (χ1v) is 6.41. The van der Waals surface area contributed by atoms with E-state index in [1.807, 2.05) is 0 Å². The van der Waals surface area contributed by atoms with Gasteiger partial charge in [0.2, 0.25) is 0 Å². The molecule has 1 aromatic rings. The van der Waals surface area contributed by atoms with Crippen LogP contribution in [-0.2, 0) is 0 Å². The molecule has 1 saturated heterocycles. The van der Waals surface area contributed by atoms with Gasteiger partial charge < -0.3 is 5.11 Å². The van der Waals surface area contributed by atoms with Gasteiger partial charge in [0.15, 0.2) is 0 Å². The third-order valence-electron chi connectivity index (χ3n) is 3.98. The largest absolute Gasteiger partial charge is 0.392 e. The minimum atomic E-state index is -0.168. The first-order chi connectivity index (χ1) is 8.24. The van der Waals surface area contributed by atoms with Crippen molar-refractivity contribution in [2.75, 3.05) is 19.6 Å². The van der Waals surface area contributed by atoms with E-state index in [2.05, 4.69) is 42.2 Å². The van der Waals surface area contributed by atoms with E-state index in [0.717, 1.165) is 26.1 Å². The van der Waals surface area contributed by atoms with Crippen LogP contribution in [0.15, 0.2) is 30.3 Å². The molecule has 0 radical (unpaired) electrons. The summed E-state index contributed by atoms with van der Waals surface area (Å²) in [6, 6.07) is 8.61. The Bertz CT molecular complexity index is 458. The SMILES string of the molecule is Cc1cccc(C2=CCN3CCC(O)C2C3)c1.Cl. The van der Waals surface area contributed by atoms with Crippen LogP contribution in [-0.4, -0.2) is 35.7 Å². The molecule has 3 unspecified atom stereocenters. The molecular weight excluding hydrogens is 246 g/mol. The molecule has 2 nitrogen and oxygen atoms in total. The van der Waals surface area contributed by atoms with Gasteiger partial charge in [-0.3, -0.25) is 4.90 Å². The summed E-state index contributed by atoms with van der Waals surface area (Å²) in [5.41, 5.74) is 3.92. The van der Waals surface area contributed by atoms with E-state index in [0.29, 0.717) is 5.92 Å². The Hall–Kier alpha value is -0.830. The smallest absolute Gasteiger partial charge is 0.0633 e. The molecule has 0 amide bonds. The summed E-state index contributed by atoms with van der Waals surface area (Å²) in [6.07, 6.45) is 3.04. The average Bonchev–Trinajstić information content (AvgIpc) is 2.34. The van der Waals surface area contributed by atoms with Gasteiger partial charge in [0.05, 0.1) is 6.10 Å². The van der Waals surface area contributed by atoms with Crippen molar-refractivity contribution >= 4 is 18.0 Å². The highest BCUT2D eigenvalue weighted by Gasteiger charge is 2.33. The number of aryl methyl sites for hydroxylation is 1. The zero-order valence-electron chi connectivity index (χ0n) is 10.7. The molecule has 2 aliphatic rings. The highest BCUT2D eigenvalue weighted by molar-refractivity contribution is 5.85. The number of nitrogens with zero attached hydrogens (tertiary/aromatic N) is 1. The van der Waals surface area contributed by atoms with Crippen molar-refractivity contribution in [1.82, 2.24) is 4.90 Å². The van der Waals surface area contributed by atoms with Crippen molar-refractivity contribution in [3.8, 4) is 0 Å². The monoisotopic (exact) mass is 265 g/mol. The van der Waals surface area contributed by atoms with Crippen molar-refractivity contribution in [2.24, 2.45) is 5.92 Å². The topological polar surface area (TPSA) is 23.5 Å². The Kier molecular flexibility index (Phi) is 4.10. The Labute approximate surface area is 115 Å². The second-order valence-electron chi connectivity index (χ2n) is 5.25. The van der Waals surface area contributed by atoms with Crippen LogP contribution in [0.5, 0.6) is 0 Å². The number of fused-ring (bicyclic) bond motifs is 2. The molecule has 3 heteroatoms. The van der Waals surface area contributed by atoms with E-state index in [-0.39, 0.29) is 18.5 Å². The molecule has 0 aliphatic carbocycles. The first-order valence-electron chi connectivity index (χ1n) is 6.41.